The topological polar surface area (TPSA) is 80.2 Å². The van der Waals surface area contributed by atoms with E-state index in [2.05, 4.69) is 10.3 Å². The van der Waals surface area contributed by atoms with Crippen LogP contribution in [0, 0.1) is 0 Å². The summed E-state index contributed by atoms with van der Waals surface area (Å²) in [6.07, 6.45) is -0.591. The van der Waals surface area contributed by atoms with E-state index in [0.29, 0.717) is 36.1 Å². The van der Waals surface area contributed by atoms with Gasteiger partial charge >= 0.3 is 6.09 Å². The number of carbonyl (C=O) groups excluding carboxylic acids is 2. The number of hydrogen-bond acceptors (Lipinski definition) is 5. The van der Waals surface area contributed by atoms with E-state index in [0.717, 1.165) is 5.56 Å². The second kappa shape index (κ2) is 7.69. The highest BCUT2D eigenvalue weighted by molar-refractivity contribution is 6.08. The first-order valence-corrected chi connectivity index (χ1v) is 8.12. The van der Waals surface area contributed by atoms with Gasteiger partial charge in [0.2, 0.25) is 5.91 Å². The second-order valence-corrected chi connectivity index (χ2v) is 5.64. The van der Waals surface area contributed by atoms with Gasteiger partial charge in [-0.05, 0) is 48.5 Å². The molecule has 0 saturated carbocycles. The van der Waals surface area contributed by atoms with Crippen LogP contribution in [0.15, 0.2) is 53.5 Å². The van der Waals surface area contributed by atoms with E-state index in [1.54, 1.807) is 60.5 Å². The molecule has 0 unspecified atom stereocenters. The molecule has 26 heavy (non-hydrogen) atoms. The van der Waals surface area contributed by atoms with Crippen LogP contribution in [0.3, 0.4) is 0 Å². The highest BCUT2D eigenvalue weighted by Gasteiger charge is 2.21. The molecule has 2 aromatic rings. The zero-order valence-corrected chi connectivity index (χ0v) is 14.6. The Morgan fingerprint density at radius 2 is 1.69 bits per heavy atom. The lowest BCUT2D eigenvalue weighted by Crippen LogP contribution is -2.32. The molecule has 1 N–H and O–H groups in total. The van der Waals surface area contributed by atoms with Gasteiger partial charge in [-0.1, -0.05) is 0 Å². The summed E-state index contributed by atoms with van der Waals surface area (Å²) in [4.78, 5) is 29.6. The number of amidine groups is 1. The molecule has 0 radical (unpaired) electrons. The molecule has 1 aliphatic heterocycles. The van der Waals surface area contributed by atoms with Crippen LogP contribution >= 0.6 is 0 Å². The summed E-state index contributed by atoms with van der Waals surface area (Å²) in [5.41, 5.74) is 1.41. The number of amides is 2. The lowest BCUT2D eigenvalue weighted by Gasteiger charge is -2.16. The van der Waals surface area contributed by atoms with Crippen molar-refractivity contribution in [1.29, 1.82) is 0 Å². The zero-order valence-electron chi connectivity index (χ0n) is 14.6. The number of anilines is 1. The number of benzene rings is 2. The SMILES string of the molecule is COc1ccc(NC(=O)Oc2ccc(C3=NCCN3C(C)=O)cc2)cc1. The van der Waals surface area contributed by atoms with E-state index in [4.69, 9.17) is 9.47 Å². The molecule has 7 nitrogen and oxygen atoms in total. The number of aliphatic imine (C=N–C) groups is 1. The maximum Gasteiger partial charge on any atom is 0.417 e. The Labute approximate surface area is 151 Å². The maximum atomic E-state index is 12.0. The third-order valence-corrected chi connectivity index (χ3v) is 3.88. The Morgan fingerprint density at radius 1 is 1.04 bits per heavy atom. The van der Waals surface area contributed by atoms with Gasteiger partial charge < -0.3 is 9.47 Å². The third kappa shape index (κ3) is 4.00. The van der Waals surface area contributed by atoms with Crippen molar-refractivity contribution in [3.8, 4) is 11.5 Å². The number of carbonyl (C=O) groups is 2. The summed E-state index contributed by atoms with van der Waals surface area (Å²) >= 11 is 0. The summed E-state index contributed by atoms with van der Waals surface area (Å²) < 4.78 is 10.3. The fourth-order valence-electron chi connectivity index (χ4n) is 2.60. The number of nitrogens with one attached hydrogen (secondary N) is 1. The molecule has 1 aliphatic rings. The van der Waals surface area contributed by atoms with Crippen molar-refractivity contribution < 1.29 is 19.1 Å². The molecule has 0 saturated heterocycles. The molecule has 7 heteroatoms. The fraction of sp³-hybridized carbons (Fsp3) is 0.211. The van der Waals surface area contributed by atoms with E-state index in [1.807, 2.05) is 0 Å². The molecule has 1 heterocycles. The van der Waals surface area contributed by atoms with Crippen molar-refractivity contribution in [3.63, 3.8) is 0 Å². The number of ether oxygens (including phenoxy) is 2. The van der Waals surface area contributed by atoms with Crippen molar-refractivity contribution in [2.45, 2.75) is 6.92 Å². The molecule has 134 valence electrons. The zero-order chi connectivity index (χ0) is 18.5. The molecule has 2 amide bonds. The fourth-order valence-corrected chi connectivity index (χ4v) is 2.60. The molecule has 0 spiro atoms. The molecule has 2 aromatic carbocycles. The highest BCUT2D eigenvalue weighted by atomic mass is 16.6. The van der Waals surface area contributed by atoms with E-state index in [1.165, 1.54) is 6.92 Å². The Bertz CT molecular complexity index is 829. The standard InChI is InChI=1S/C19H19N3O4/c1-13(23)22-12-11-20-18(22)14-3-7-17(8-4-14)26-19(24)21-15-5-9-16(25-2)10-6-15/h3-10H,11-12H2,1-2H3,(H,21,24). The van der Waals surface area contributed by atoms with Crippen LogP contribution in [-0.4, -0.2) is 42.9 Å². The average molecular weight is 353 g/mol. The van der Waals surface area contributed by atoms with Gasteiger partial charge in [0, 0.05) is 24.7 Å². The van der Waals surface area contributed by atoms with E-state index in [-0.39, 0.29) is 5.91 Å². The van der Waals surface area contributed by atoms with Crippen molar-refractivity contribution in [1.82, 2.24) is 4.90 Å². The summed E-state index contributed by atoms with van der Waals surface area (Å²) in [5.74, 6) is 1.70. The first-order chi connectivity index (χ1) is 12.6. The molecule has 0 aliphatic carbocycles. The Kier molecular flexibility index (Phi) is 5.17. The van der Waals surface area contributed by atoms with Gasteiger partial charge in [-0.15, -0.1) is 0 Å². The third-order valence-electron chi connectivity index (χ3n) is 3.88. The Hall–Kier alpha value is -3.35. The molecular weight excluding hydrogens is 334 g/mol. The molecular formula is C19H19N3O4. The van der Waals surface area contributed by atoms with Crippen molar-refractivity contribution in [3.05, 3.63) is 54.1 Å². The molecule has 0 bridgehead atoms. The Morgan fingerprint density at radius 3 is 2.31 bits per heavy atom. The average Bonchev–Trinajstić information content (AvgIpc) is 3.13. The van der Waals surface area contributed by atoms with Crippen LogP contribution in [0.1, 0.15) is 12.5 Å². The van der Waals surface area contributed by atoms with Crippen molar-refractivity contribution in [2.24, 2.45) is 4.99 Å². The van der Waals surface area contributed by atoms with Crippen LogP contribution in [0.2, 0.25) is 0 Å². The summed E-state index contributed by atoms with van der Waals surface area (Å²) in [5, 5.41) is 2.64. The summed E-state index contributed by atoms with van der Waals surface area (Å²) in [6.45, 7) is 2.70. The van der Waals surface area contributed by atoms with Crippen molar-refractivity contribution >= 4 is 23.5 Å². The Balaban J connectivity index is 1.61. The highest BCUT2D eigenvalue weighted by Crippen LogP contribution is 2.18. The largest absolute Gasteiger partial charge is 0.497 e. The van der Waals surface area contributed by atoms with E-state index < -0.39 is 6.09 Å². The maximum absolute atomic E-state index is 12.0. The van der Waals surface area contributed by atoms with Gasteiger partial charge in [-0.2, -0.15) is 0 Å². The van der Waals surface area contributed by atoms with Crippen LogP contribution in [0.5, 0.6) is 11.5 Å². The first kappa shape index (κ1) is 17.5. The van der Waals surface area contributed by atoms with Crippen LogP contribution < -0.4 is 14.8 Å². The normalized spacial score (nSPS) is 13.2. The predicted octanol–water partition coefficient (Wildman–Crippen LogP) is 2.91. The number of methoxy groups -OCH3 is 1. The van der Waals surface area contributed by atoms with Gasteiger partial charge in [0.15, 0.2) is 0 Å². The van der Waals surface area contributed by atoms with Gasteiger partial charge in [0.1, 0.15) is 17.3 Å². The van der Waals surface area contributed by atoms with Crippen LogP contribution in [-0.2, 0) is 4.79 Å². The second-order valence-electron chi connectivity index (χ2n) is 5.64. The number of nitrogens with zero attached hydrogens (tertiary/aromatic N) is 2. The summed E-state index contributed by atoms with van der Waals surface area (Å²) in [7, 11) is 1.58. The minimum atomic E-state index is -0.591. The van der Waals surface area contributed by atoms with E-state index in [9.17, 15) is 9.59 Å². The smallest absolute Gasteiger partial charge is 0.417 e. The number of hydrogen-bond donors (Lipinski definition) is 1. The molecule has 0 aromatic heterocycles. The van der Waals surface area contributed by atoms with Gasteiger partial charge in [0.05, 0.1) is 13.7 Å². The predicted molar refractivity (Wildman–Crippen MR) is 97.9 cm³/mol. The quantitative estimate of drug-likeness (QED) is 0.916. The molecule has 0 fully saturated rings. The van der Waals surface area contributed by atoms with Gasteiger partial charge in [-0.3, -0.25) is 20.0 Å². The molecule has 3 rings (SSSR count). The lowest BCUT2D eigenvalue weighted by molar-refractivity contribution is -0.124. The van der Waals surface area contributed by atoms with Crippen LogP contribution in [0.4, 0.5) is 10.5 Å². The van der Waals surface area contributed by atoms with E-state index >= 15 is 0 Å². The van der Waals surface area contributed by atoms with Gasteiger partial charge in [0.25, 0.3) is 0 Å². The van der Waals surface area contributed by atoms with Gasteiger partial charge in [-0.25, -0.2) is 4.79 Å². The lowest BCUT2D eigenvalue weighted by atomic mass is 10.2. The minimum absolute atomic E-state index is 0.0413. The van der Waals surface area contributed by atoms with Crippen LogP contribution in [0.25, 0.3) is 0 Å². The van der Waals surface area contributed by atoms with Crippen molar-refractivity contribution in [2.75, 3.05) is 25.5 Å². The monoisotopic (exact) mass is 353 g/mol. The molecule has 0 atom stereocenters. The summed E-state index contributed by atoms with van der Waals surface area (Å²) in [6, 6.07) is 13.8. The number of rotatable bonds is 4. The first-order valence-electron chi connectivity index (χ1n) is 8.12. The minimum Gasteiger partial charge on any atom is -0.497 e.